The molecule has 0 fully saturated rings. The summed E-state index contributed by atoms with van der Waals surface area (Å²) in [5.41, 5.74) is 0.634. The number of alkyl halides is 3. The molecule has 0 aromatic carbocycles. The summed E-state index contributed by atoms with van der Waals surface area (Å²) in [6, 6.07) is 3.30. The molecule has 0 aliphatic heterocycles. The lowest BCUT2D eigenvalue weighted by molar-refractivity contribution is -0.154. The predicted octanol–water partition coefficient (Wildman–Crippen LogP) is 3.08. The first-order valence-corrected chi connectivity index (χ1v) is 5.82. The minimum Gasteiger partial charge on any atom is -0.468 e. The fourth-order valence-corrected chi connectivity index (χ4v) is 1.47. The van der Waals surface area contributed by atoms with Gasteiger partial charge in [0.05, 0.1) is 0 Å². The number of aromatic nitrogens is 1. The zero-order valence-corrected chi connectivity index (χ0v) is 10.4. The summed E-state index contributed by atoms with van der Waals surface area (Å²) >= 11 is 0. The molecule has 1 unspecified atom stereocenters. The van der Waals surface area contributed by atoms with E-state index in [1.807, 2.05) is 13.8 Å². The van der Waals surface area contributed by atoms with Crippen molar-refractivity contribution >= 4 is 0 Å². The van der Waals surface area contributed by atoms with Gasteiger partial charge in [0, 0.05) is 17.8 Å². The zero-order chi connectivity index (χ0) is 13.6. The molecule has 1 N–H and O–H groups in total. The van der Waals surface area contributed by atoms with E-state index >= 15 is 0 Å². The van der Waals surface area contributed by atoms with Crippen LogP contribution in [-0.4, -0.2) is 24.3 Å². The highest BCUT2D eigenvalue weighted by molar-refractivity contribution is 5.28. The van der Waals surface area contributed by atoms with Crippen molar-refractivity contribution in [2.75, 3.05) is 13.2 Å². The van der Waals surface area contributed by atoms with Crippen molar-refractivity contribution in [3.05, 3.63) is 23.9 Å². The van der Waals surface area contributed by atoms with Gasteiger partial charge in [0.15, 0.2) is 6.61 Å². The van der Waals surface area contributed by atoms with Gasteiger partial charge in [-0.05, 0) is 26.0 Å². The lowest BCUT2D eigenvalue weighted by Gasteiger charge is -2.17. The summed E-state index contributed by atoms with van der Waals surface area (Å²) < 4.78 is 41.1. The Bertz CT molecular complexity index is 369. The van der Waals surface area contributed by atoms with Gasteiger partial charge in [0.25, 0.3) is 0 Å². The van der Waals surface area contributed by atoms with Crippen molar-refractivity contribution in [3.63, 3.8) is 0 Å². The van der Waals surface area contributed by atoms with Crippen LogP contribution < -0.4 is 10.1 Å². The number of hydrogen-bond acceptors (Lipinski definition) is 3. The van der Waals surface area contributed by atoms with E-state index in [-0.39, 0.29) is 11.9 Å². The van der Waals surface area contributed by atoms with Gasteiger partial charge in [-0.1, -0.05) is 13.0 Å². The minimum absolute atomic E-state index is 0.0333. The number of ether oxygens (including phenoxy) is 1. The summed E-state index contributed by atoms with van der Waals surface area (Å²) in [5.74, 6) is 0.0333. The number of nitrogens with one attached hydrogen (secondary N) is 1. The Labute approximate surface area is 104 Å². The molecule has 1 aromatic heterocycles. The molecule has 0 bridgehead atoms. The van der Waals surface area contributed by atoms with Gasteiger partial charge in [-0.25, -0.2) is 4.98 Å². The summed E-state index contributed by atoms with van der Waals surface area (Å²) in [7, 11) is 0. The van der Waals surface area contributed by atoms with E-state index in [4.69, 9.17) is 4.74 Å². The minimum atomic E-state index is -4.35. The Morgan fingerprint density at radius 2 is 2.17 bits per heavy atom. The van der Waals surface area contributed by atoms with Crippen LogP contribution in [0.3, 0.4) is 0 Å². The first-order chi connectivity index (χ1) is 8.44. The van der Waals surface area contributed by atoms with E-state index in [1.165, 1.54) is 6.20 Å². The number of rotatable bonds is 6. The van der Waals surface area contributed by atoms with Crippen molar-refractivity contribution in [2.24, 2.45) is 0 Å². The third-order valence-electron chi connectivity index (χ3n) is 2.34. The largest absolute Gasteiger partial charge is 0.468 e. The maximum Gasteiger partial charge on any atom is 0.422 e. The SMILES string of the molecule is CCCNC(C)c1cccnc1OCC(F)(F)F. The Balaban J connectivity index is 2.72. The summed E-state index contributed by atoms with van der Waals surface area (Å²) in [4.78, 5) is 3.85. The topological polar surface area (TPSA) is 34.2 Å². The van der Waals surface area contributed by atoms with E-state index in [2.05, 4.69) is 10.3 Å². The van der Waals surface area contributed by atoms with Gasteiger partial charge in [-0.2, -0.15) is 13.2 Å². The zero-order valence-electron chi connectivity index (χ0n) is 10.4. The molecule has 0 aliphatic carbocycles. The first kappa shape index (κ1) is 14.8. The number of nitrogens with zero attached hydrogens (tertiary/aromatic N) is 1. The fraction of sp³-hybridized carbons (Fsp3) is 0.583. The molecular formula is C12H17F3N2O. The van der Waals surface area contributed by atoms with Crippen LogP contribution in [0.2, 0.25) is 0 Å². The average molecular weight is 262 g/mol. The first-order valence-electron chi connectivity index (χ1n) is 5.82. The second kappa shape index (κ2) is 6.58. The summed E-state index contributed by atoms with van der Waals surface area (Å²) in [6.07, 6.45) is -1.99. The van der Waals surface area contributed by atoms with Crippen LogP contribution >= 0.6 is 0 Å². The molecule has 0 aliphatic rings. The van der Waals surface area contributed by atoms with Crippen molar-refractivity contribution in [3.8, 4) is 5.88 Å². The molecule has 0 radical (unpaired) electrons. The molecule has 1 heterocycles. The van der Waals surface area contributed by atoms with Gasteiger partial charge in [-0.15, -0.1) is 0 Å². The number of hydrogen-bond donors (Lipinski definition) is 1. The van der Waals surface area contributed by atoms with Crippen LogP contribution in [-0.2, 0) is 0 Å². The van der Waals surface area contributed by atoms with E-state index in [0.29, 0.717) is 5.56 Å². The normalized spacial score (nSPS) is 13.4. The average Bonchev–Trinajstić information content (AvgIpc) is 2.33. The molecule has 3 nitrogen and oxygen atoms in total. The summed E-state index contributed by atoms with van der Waals surface area (Å²) in [6.45, 7) is 3.35. The van der Waals surface area contributed by atoms with Crippen LogP contribution in [0, 0.1) is 0 Å². The molecule has 1 aromatic rings. The molecular weight excluding hydrogens is 245 g/mol. The van der Waals surface area contributed by atoms with Gasteiger partial charge in [0.2, 0.25) is 5.88 Å². The quantitative estimate of drug-likeness (QED) is 0.855. The lowest BCUT2D eigenvalue weighted by Crippen LogP contribution is -2.23. The highest BCUT2D eigenvalue weighted by Gasteiger charge is 2.29. The van der Waals surface area contributed by atoms with Gasteiger partial charge in [0.1, 0.15) is 0 Å². The van der Waals surface area contributed by atoms with Crippen LogP contribution in [0.1, 0.15) is 31.9 Å². The van der Waals surface area contributed by atoms with E-state index in [0.717, 1.165) is 13.0 Å². The third kappa shape index (κ3) is 4.91. The fourth-order valence-electron chi connectivity index (χ4n) is 1.47. The van der Waals surface area contributed by atoms with Gasteiger partial charge < -0.3 is 10.1 Å². The number of halogens is 3. The van der Waals surface area contributed by atoms with E-state index in [1.54, 1.807) is 12.1 Å². The molecule has 102 valence electrons. The molecule has 18 heavy (non-hydrogen) atoms. The van der Waals surface area contributed by atoms with Crippen LogP contribution in [0.5, 0.6) is 5.88 Å². The molecule has 6 heteroatoms. The highest BCUT2D eigenvalue weighted by atomic mass is 19.4. The maximum atomic E-state index is 12.1. The Kier molecular flexibility index (Phi) is 5.40. The van der Waals surface area contributed by atoms with Crippen molar-refractivity contribution < 1.29 is 17.9 Å². The molecule has 1 rings (SSSR count). The Morgan fingerprint density at radius 3 is 2.78 bits per heavy atom. The van der Waals surface area contributed by atoms with Crippen molar-refractivity contribution in [1.82, 2.24) is 10.3 Å². The molecule has 0 saturated heterocycles. The number of pyridine rings is 1. The predicted molar refractivity (Wildman–Crippen MR) is 62.5 cm³/mol. The second-order valence-electron chi connectivity index (χ2n) is 3.98. The van der Waals surface area contributed by atoms with Crippen LogP contribution in [0.15, 0.2) is 18.3 Å². The van der Waals surface area contributed by atoms with Crippen LogP contribution in [0.4, 0.5) is 13.2 Å². The smallest absolute Gasteiger partial charge is 0.422 e. The monoisotopic (exact) mass is 262 g/mol. The molecule has 0 amide bonds. The van der Waals surface area contributed by atoms with Crippen molar-refractivity contribution in [2.45, 2.75) is 32.5 Å². The Hall–Kier alpha value is -1.30. The standard InChI is InChI=1S/C12H17F3N2O/c1-3-6-16-9(2)10-5-4-7-17-11(10)18-8-12(13,14)15/h4-5,7,9,16H,3,6,8H2,1-2H3. The summed E-state index contributed by atoms with van der Waals surface area (Å²) in [5, 5.41) is 3.18. The molecule has 1 atom stereocenters. The maximum absolute atomic E-state index is 12.1. The molecule has 0 spiro atoms. The van der Waals surface area contributed by atoms with Gasteiger partial charge in [-0.3, -0.25) is 0 Å². The van der Waals surface area contributed by atoms with E-state index in [9.17, 15) is 13.2 Å². The molecule has 0 saturated carbocycles. The van der Waals surface area contributed by atoms with E-state index < -0.39 is 12.8 Å². The third-order valence-corrected chi connectivity index (χ3v) is 2.34. The Morgan fingerprint density at radius 1 is 1.44 bits per heavy atom. The second-order valence-corrected chi connectivity index (χ2v) is 3.98. The van der Waals surface area contributed by atoms with Crippen LogP contribution in [0.25, 0.3) is 0 Å². The highest BCUT2D eigenvalue weighted by Crippen LogP contribution is 2.24. The van der Waals surface area contributed by atoms with Crippen molar-refractivity contribution in [1.29, 1.82) is 0 Å². The lowest BCUT2D eigenvalue weighted by atomic mass is 10.1. The van der Waals surface area contributed by atoms with Gasteiger partial charge >= 0.3 is 6.18 Å².